The molecule has 0 fully saturated rings. The minimum absolute atomic E-state index is 0.384. The smallest absolute Gasteiger partial charge is 0.464 e. The quantitative estimate of drug-likeness (QED) is 0.741. The largest absolute Gasteiger partial charge is 0.574 e. The van der Waals surface area contributed by atoms with E-state index in [0.29, 0.717) is 0 Å². The number of hydrogen-bond acceptors (Lipinski definition) is 5. The van der Waals surface area contributed by atoms with Gasteiger partial charge in [-0.05, 0) is 12.1 Å². The number of nitrogens with zero attached hydrogens (tertiary/aromatic N) is 2. The summed E-state index contributed by atoms with van der Waals surface area (Å²) in [5.41, 5.74) is -0.819. The third-order valence-corrected chi connectivity index (χ3v) is 1.59. The fourth-order valence-electron chi connectivity index (χ4n) is 0.931. The monoisotopic (exact) mass is 246 g/mol. The lowest BCUT2D eigenvalue weighted by Crippen LogP contribution is -2.19. The van der Waals surface area contributed by atoms with Crippen LogP contribution in [0.1, 0.15) is 16.1 Å². The number of esters is 1. The zero-order valence-corrected chi connectivity index (χ0v) is 8.41. The van der Waals surface area contributed by atoms with Gasteiger partial charge in [0.2, 0.25) is 5.88 Å². The van der Waals surface area contributed by atoms with E-state index in [4.69, 9.17) is 5.26 Å². The van der Waals surface area contributed by atoms with Crippen LogP contribution in [0.25, 0.3) is 0 Å². The number of alkyl halides is 3. The first kappa shape index (κ1) is 12.8. The molecule has 0 radical (unpaired) electrons. The molecule has 0 N–H and O–H groups in total. The van der Waals surface area contributed by atoms with E-state index < -0.39 is 23.8 Å². The molecule has 0 saturated heterocycles. The Morgan fingerprint density at radius 1 is 1.47 bits per heavy atom. The third-order valence-electron chi connectivity index (χ3n) is 1.59. The molecule has 0 spiro atoms. The summed E-state index contributed by atoms with van der Waals surface area (Å²) in [5, 5.41) is 8.55. The fraction of sp³-hybridized carbons (Fsp3) is 0.222. The van der Waals surface area contributed by atoms with Gasteiger partial charge >= 0.3 is 12.3 Å². The maximum atomic E-state index is 12.0. The zero-order chi connectivity index (χ0) is 13.1. The second kappa shape index (κ2) is 4.69. The summed E-state index contributed by atoms with van der Waals surface area (Å²) in [5.74, 6) is -1.91. The van der Waals surface area contributed by atoms with E-state index in [9.17, 15) is 18.0 Å². The van der Waals surface area contributed by atoms with Crippen molar-refractivity contribution in [2.45, 2.75) is 6.36 Å². The first-order valence-electron chi connectivity index (χ1n) is 4.12. The van der Waals surface area contributed by atoms with Crippen LogP contribution in [0.2, 0.25) is 0 Å². The SMILES string of the molecule is COC(=O)c1ccc(C#N)c(OC(F)(F)F)n1. The number of hydrogen-bond donors (Lipinski definition) is 0. The summed E-state index contributed by atoms with van der Waals surface area (Å²) in [4.78, 5) is 14.3. The molecule has 17 heavy (non-hydrogen) atoms. The van der Waals surface area contributed by atoms with Gasteiger partial charge in [-0.1, -0.05) is 0 Å². The molecule has 1 aromatic heterocycles. The Bertz CT molecular complexity index is 479. The minimum atomic E-state index is -4.99. The van der Waals surface area contributed by atoms with Crippen molar-refractivity contribution < 1.29 is 27.4 Å². The first-order chi connectivity index (χ1) is 7.87. The topological polar surface area (TPSA) is 72.2 Å². The molecule has 0 bridgehead atoms. The van der Waals surface area contributed by atoms with Gasteiger partial charge in [0.25, 0.3) is 0 Å². The molecule has 0 aliphatic rings. The Labute approximate surface area is 93.4 Å². The molecule has 0 unspecified atom stereocenters. The van der Waals surface area contributed by atoms with Crippen LogP contribution in [0.15, 0.2) is 12.1 Å². The van der Waals surface area contributed by atoms with Crippen molar-refractivity contribution in [3.63, 3.8) is 0 Å². The van der Waals surface area contributed by atoms with Crippen LogP contribution in [0, 0.1) is 11.3 Å². The molecule has 0 aromatic carbocycles. The molecule has 0 atom stereocenters. The van der Waals surface area contributed by atoms with Gasteiger partial charge in [-0.2, -0.15) is 5.26 Å². The van der Waals surface area contributed by atoms with Crippen LogP contribution < -0.4 is 4.74 Å². The normalized spacial score (nSPS) is 10.5. The molecule has 0 saturated carbocycles. The Balaban J connectivity index is 3.17. The highest BCUT2D eigenvalue weighted by Crippen LogP contribution is 2.24. The average Bonchev–Trinajstić information content (AvgIpc) is 2.25. The van der Waals surface area contributed by atoms with Crippen molar-refractivity contribution in [1.29, 1.82) is 5.26 Å². The average molecular weight is 246 g/mol. The third kappa shape index (κ3) is 3.34. The number of ether oxygens (including phenoxy) is 2. The van der Waals surface area contributed by atoms with Crippen LogP contribution in [-0.2, 0) is 4.74 Å². The fourth-order valence-corrected chi connectivity index (χ4v) is 0.931. The summed E-state index contributed by atoms with van der Waals surface area (Å²) in [6.45, 7) is 0. The summed E-state index contributed by atoms with van der Waals surface area (Å²) in [6.07, 6.45) is -4.99. The van der Waals surface area contributed by atoms with E-state index in [1.54, 1.807) is 0 Å². The molecule has 5 nitrogen and oxygen atoms in total. The summed E-state index contributed by atoms with van der Waals surface area (Å²) < 4.78 is 43.7. The van der Waals surface area contributed by atoms with Crippen LogP contribution in [-0.4, -0.2) is 24.4 Å². The number of rotatable bonds is 2. The summed E-state index contributed by atoms with van der Waals surface area (Å²) in [6, 6.07) is 3.51. The van der Waals surface area contributed by atoms with Gasteiger partial charge in [0, 0.05) is 0 Å². The minimum Gasteiger partial charge on any atom is -0.464 e. The van der Waals surface area contributed by atoms with Gasteiger partial charge in [-0.3, -0.25) is 0 Å². The lowest BCUT2D eigenvalue weighted by molar-refractivity contribution is -0.276. The van der Waals surface area contributed by atoms with Crippen LogP contribution in [0.4, 0.5) is 13.2 Å². The van der Waals surface area contributed by atoms with E-state index in [2.05, 4.69) is 14.5 Å². The molecular weight excluding hydrogens is 241 g/mol. The highest BCUT2D eigenvalue weighted by Gasteiger charge is 2.33. The molecule has 0 aliphatic heterocycles. The van der Waals surface area contributed by atoms with Crippen molar-refractivity contribution in [1.82, 2.24) is 4.98 Å². The number of halogens is 3. The first-order valence-corrected chi connectivity index (χ1v) is 4.12. The highest BCUT2D eigenvalue weighted by atomic mass is 19.4. The van der Waals surface area contributed by atoms with Crippen molar-refractivity contribution >= 4 is 5.97 Å². The van der Waals surface area contributed by atoms with Crippen LogP contribution in [0.5, 0.6) is 5.88 Å². The Morgan fingerprint density at radius 3 is 2.59 bits per heavy atom. The van der Waals surface area contributed by atoms with Crippen molar-refractivity contribution in [3.8, 4) is 11.9 Å². The number of carbonyl (C=O) groups excluding carboxylic acids is 1. The van der Waals surface area contributed by atoms with E-state index in [-0.39, 0.29) is 5.69 Å². The lowest BCUT2D eigenvalue weighted by atomic mass is 10.2. The molecule has 1 aromatic rings. The molecule has 0 aliphatic carbocycles. The van der Waals surface area contributed by atoms with Crippen LogP contribution in [0.3, 0.4) is 0 Å². The van der Waals surface area contributed by atoms with Crippen molar-refractivity contribution in [2.75, 3.05) is 7.11 Å². The zero-order valence-electron chi connectivity index (χ0n) is 8.41. The van der Waals surface area contributed by atoms with Gasteiger partial charge in [0.1, 0.15) is 11.6 Å². The Hall–Kier alpha value is -2.30. The van der Waals surface area contributed by atoms with E-state index >= 15 is 0 Å². The van der Waals surface area contributed by atoms with E-state index in [1.165, 1.54) is 6.07 Å². The number of pyridine rings is 1. The second-order valence-corrected chi connectivity index (χ2v) is 2.70. The number of nitriles is 1. The summed E-state index contributed by atoms with van der Waals surface area (Å²) >= 11 is 0. The standard InChI is InChI=1S/C9H5F3N2O3/c1-16-8(15)6-3-2-5(4-13)7(14-6)17-9(10,11)12/h2-3H,1H3. The second-order valence-electron chi connectivity index (χ2n) is 2.70. The predicted octanol–water partition coefficient (Wildman–Crippen LogP) is 1.64. The number of carbonyl (C=O) groups is 1. The van der Waals surface area contributed by atoms with E-state index in [1.807, 2.05) is 0 Å². The molecule has 1 heterocycles. The molecular formula is C9H5F3N2O3. The van der Waals surface area contributed by atoms with Crippen molar-refractivity contribution in [2.24, 2.45) is 0 Å². The lowest BCUT2D eigenvalue weighted by Gasteiger charge is -2.09. The Morgan fingerprint density at radius 2 is 2.12 bits per heavy atom. The van der Waals surface area contributed by atoms with Gasteiger partial charge in [0.05, 0.1) is 7.11 Å². The highest BCUT2D eigenvalue weighted by molar-refractivity contribution is 5.87. The van der Waals surface area contributed by atoms with Crippen LogP contribution >= 0.6 is 0 Å². The summed E-state index contributed by atoms with van der Waals surface area (Å²) in [7, 11) is 1.05. The van der Waals surface area contributed by atoms with Gasteiger partial charge in [0.15, 0.2) is 5.69 Å². The number of aromatic nitrogens is 1. The van der Waals surface area contributed by atoms with Gasteiger partial charge < -0.3 is 9.47 Å². The molecule has 0 amide bonds. The number of methoxy groups -OCH3 is 1. The van der Waals surface area contributed by atoms with E-state index in [0.717, 1.165) is 19.2 Å². The van der Waals surface area contributed by atoms with Gasteiger partial charge in [-0.25, -0.2) is 9.78 Å². The molecule has 1 rings (SSSR count). The van der Waals surface area contributed by atoms with Crippen molar-refractivity contribution in [3.05, 3.63) is 23.4 Å². The maximum Gasteiger partial charge on any atom is 0.574 e. The maximum absolute atomic E-state index is 12.0. The molecule has 8 heteroatoms. The van der Waals surface area contributed by atoms with Gasteiger partial charge in [-0.15, -0.1) is 13.2 Å². The predicted molar refractivity (Wildman–Crippen MR) is 47.0 cm³/mol. The molecule has 90 valence electrons. The Kier molecular flexibility index (Phi) is 3.52.